The van der Waals surface area contributed by atoms with Crippen molar-refractivity contribution in [2.45, 2.75) is 11.8 Å². The average Bonchev–Trinajstić information content (AvgIpc) is 2.38. The molecule has 0 aliphatic carbocycles. The summed E-state index contributed by atoms with van der Waals surface area (Å²) in [6.07, 6.45) is 2.42. The molecule has 0 unspecified atom stereocenters. The molecule has 0 radical (unpaired) electrons. The Morgan fingerprint density at radius 2 is 2.11 bits per heavy atom. The molecular formula is C13H14FNO3S. The lowest BCUT2D eigenvalue weighted by molar-refractivity contribution is 0.249. The number of pyridine rings is 1. The highest BCUT2D eigenvalue weighted by Crippen LogP contribution is 2.26. The Bertz CT molecular complexity index is 695. The van der Waals surface area contributed by atoms with Crippen LogP contribution in [0, 0.1) is 11.7 Å². The van der Waals surface area contributed by atoms with Crippen LogP contribution in [0.5, 0.6) is 0 Å². The van der Waals surface area contributed by atoms with E-state index in [4.69, 9.17) is 5.11 Å². The Balaban J connectivity index is 2.63. The molecule has 1 aromatic heterocycles. The van der Waals surface area contributed by atoms with Crippen LogP contribution in [0.2, 0.25) is 0 Å². The van der Waals surface area contributed by atoms with E-state index >= 15 is 0 Å². The van der Waals surface area contributed by atoms with E-state index < -0.39 is 21.6 Å². The molecule has 4 nitrogen and oxygen atoms in total. The van der Waals surface area contributed by atoms with Crippen molar-refractivity contribution < 1.29 is 17.9 Å². The molecule has 0 bridgehead atoms. The van der Waals surface area contributed by atoms with Crippen LogP contribution < -0.4 is 0 Å². The fourth-order valence-electron chi connectivity index (χ4n) is 1.94. The van der Waals surface area contributed by atoms with Crippen LogP contribution in [0.4, 0.5) is 4.39 Å². The molecule has 0 amide bonds. The Kier molecular flexibility index (Phi) is 3.82. The molecule has 1 heterocycles. The molecule has 0 fully saturated rings. The molecule has 0 spiro atoms. The molecule has 0 saturated carbocycles. The molecule has 6 heteroatoms. The number of halogens is 1. The summed E-state index contributed by atoms with van der Waals surface area (Å²) < 4.78 is 38.4. The van der Waals surface area contributed by atoms with Crippen molar-refractivity contribution in [3.8, 4) is 0 Å². The third kappa shape index (κ3) is 2.74. The van der Waals surface area contributed by atoms with Crippen LogP contribution in [0.1, 0.15) is 6.92 Å². The van der Waals surface area contributed by atoms with E-state index in [1.54, 1.807) is 19.1 Å². The van der Waals surface area contributed by atoms with Crippen molar-refractivity contribution in [3.05, 3.63) is 36.4 Å². The second-order valence-corrected chi connectivity index (χ2v) is 6.55. The molecule has 1 atom stereocenters. The standard InChI is InChI=1S/C13H14FNO3S/c1-9(7-16)8-19(17,18)12-4-2-3-10-5-15-6-11(14)13(10)12/h2-6,9,16H,7-8H2,1H3/t9-/m0/s1. The zero-order chi connectivity index (χ0) is 14.0. The molecule has 1 N–H and O–H groups in total. The highest BCUT2D eigenvalue weighted by Gasteiger charge is 2.22. The summed E-state index contributed by atoms with van der Waals surface area (Å²) >= 11 is 0. The van der Waals surface area contributed by atoms with E-state index in [1.807, 2.05) is 0 Å². The summed E-state index contributed by atoms with van der Waals surface area (Å²) in [5, 5.41) is 9.46. The first-order chi connectivity index (χ1) is 8.95. The van der Waals surface area contributed by atoms with Gasteiger partial charge in [-0.05, 0) is 12.0 Å². The zero-order valence-corrected chi connectivity index (χ0v) is 11.2. The molecule has 2 rings (SSSR count). The molecule has 102 valence electrons. The SMILES string of the molecule is C[C@@H](CO)CS(=O)(=O)c1cccc2cncc(F)c12. The fraction of sp³-hybridized carbons (Fsp3) is 0.308. The van der Waals surface area contributed by atoms with E-state index in [2.05, 4.69) is 4.98 Å². The lowest BCUT2D eigenvalue weighted by Crippen LogP contribution is -2.17. The van der Waals surface area contributed by atoms with Gasteiger partial charge in [0.15, 0.2) is 15.7 Å². The van der Waals surface area contributed by atoms with Gasteiger partial charge in [-0.2, -0.15) is 0 Å². The van der Waals surface area contributed by atoms with E-state index in [0.29, 0.717) is 5.39 Å². The predicted molar refractivity (Wildman–Crippen MR) is 70.0 cm³/mol. The van der Waals surface area contributed by atoms with Gasteiger partial charge >= 0.3 is 0 Å². The minimum Gasteiger partial charge on any atom is -0.396 e. The smallest absolute Gasteiger partial charge is 0.179 e. The summed E-state index contributed by atoms with van der Waals surface area (Å²) in [6, 6.07) is 4.55. The average molecular weight is 283 g/mol. The molecule has 1 aromatic carbocycles. The number of benzene rings is 1. The number of nitrogens with zero attached hydrogens (tertiary/aromatic N) is 1. The van der Waals surface area contributed by atoms with Gasteiger partial charge in [-0.15, -0.1) is 0 Å². The van der Waals surface area contributed by atoms with Crippen molar-refractivity contribution in [3.63, 3.8) is 0 Å². The van der Waals surface area contributed by atoms with Crippen molar-refractivity contribution in [1.82, 2.24) is 4.98 Å². The van der Waals surface area contributed by atoms with Gasteiger partial charge in [-0.1, -0.05) is 19.1 Å². The maximum absolute atomic E-state index is 13.8. The third-order valence-electron chi connectivity index (χ3n) is 2.85. The highest BCUT2D eigenvalue weighted by molar-refractivity contribution is 7.91. The Morgan fingerprint density at radius 1 is 1.37 bits per heavy atom. The zero-order valence-electron chi connectivity index (χ0n) is 10.4. The van der Waals surface area contributed by atoms with Gasteiger partial charge in [0, 0.05) is 23.6 Å². The Labute approximate surface area is 110 Å². The van der Waals surface area contributed by atoms with Crippen LogP contribution in [-0.2, 0) is 9.84 Å². The van der Waals surface area contributed by atoms with Gasteiger partial charge in [0.05, 0.1) is 16.8 Å². The van der Waals surface area contributed by atoms with Crippen LogP contribution in [0.3, 0.4) is 0 Å². The van der Waals surface area contributed by atoms with Crippen LogP contribution in [0.25, 0.3) is 10.8 Å². The molecule has 19 heavy (non-hydrogen) atoms. The number of hydrogen-bond acceptors (Lipinski definition) is 4. The molecular weight excluding hydrogens is 269 g/mol. The topological polar surface area (TPSA) is 67.3 Å². The summed E-state index contributed by atoms with van der Waals surface area (Å²) in [4.78, 5) is 3.65. The number of rotatable bonds is 4. The first kappa shape index (κ1) is 13.9. The maximum Gasteiger partial charge on any atom is 0.179 e. The first-order valence-corrected chi connectivity index (χ1v) is 7.47. The molecule has 0 aliphatic heterocycles. The van der Waals surface area contributed by atoms with E-state index in [-0.39, 0.29) is 22.6 Å². The van der Waals surface area contributed by atoms with Crippen LogP contribution in [-0.4, -0.2) is 30.9 Å². The van der Waals surface area contributed by atoms with Crippen molar-refractivity contribution >= 4 is 20.6 Å². The summed E-state index contributed by atoms with van der Waals surface area (Å²) in [5.74, 6) is -1.27. The molecule has 0 aliphatic rings. The summed E-state index contributed by atoms with van der Waals surface area (Å²) in [6.45, 7) is 1.40. The lowest BCUT2D eigenvalue weighted by atomic mass is 10.2. The van der Waals surface area contributed by atoms with Gasteiger partial charge in [0.1, 0.15) is 0 Å². The van der Waals surface area contributed by atoms with E-state index in [0.717, 1.165) is 6.20 Å². The Morgan fingerprint density at radius 3 is 2.79 bits per heavy atom. The van der Waals surface area contributed by atoms with Gasteiger partial charge in [0.2, 0.25) is 0 Å². The predicted octanol–water partition coefficient (Wildman–Crippen LogP) is 1.78. The second kappa shape index (κ2) is 5.22. The fourth-order valence-corrected chi connectivity index (χ4v) is 3.78. The number of hydrogen-bond donors (Lipinski definition) is 1. The van der Waals surface area contributed by atoms with Crippen molar-refractivity contribution in [2.75, 3.05) is 12.4 Å². The highest BCUT2D eigenvalue weighted by atomic mass is 32.2. The minimum absolute atomic E-state index is 0.0507. The van der Waals surface area contributed by atoms with Gasteiger partial charge in [-0.25, -0.2) is 12.8 Å². The summed E-state index contributed by atoms with van der Waals surface area (Å²) in [7, 11) is -3.65. The quantitative estimate of drug-likeness (QED) is 0.928. The van der Waals surface area contributed by atoms with E-state index in [1.165, 1.54) is 12.3 Å². The van der Waals surface area contributed by atoms with Gasteiger partial charge in [-0.3, -0.25) is 4.98 Å². The van der Waals surface area contributed by atoms with Crippen molar-refractivity contribution in [1.29, 1.82) is 0 Å². The number of aliphatic hydroxyl groups is 1. The third-order valence-corrected chi connectivity index (χ3v) is 4.87. The summed E-state index contributed by atoms with van der Waals surface area (Å²) in [5.41, 5.74) is 0. The van der Waals surface area contributed by atoms with Crippen molar-refractivity contribution in [2.24, 2.45) is 5.92 Å². The van der Waals surface area contributed by atoms with E-state index in [9.17, 15) is 12.8 Å². The number of sulfone groups is 1. The number of aliphatic hydroxyl groups excluding tert-OH is 1. The minimum atomic E-state index is -3.65. The first-order valence-electron chi connectivity index (χ1n) is 5.81. The monoisotopic (exact) mass is 283 g/mol. The number of aromatic nitrogens is 1. The van der Waals surface area contributed by atoms with Gasteiger partial charge in [0.25, 0.3) is 0 Å². The van der Waals surface area contributed by atoms with Crippen LogP contribution >= 0.6 is 0 Å². The number of fused-ring (bicyclic) bond motifs is 1. The normalized spacial score (nSPS) is 13.6. The molecule has 2 aromatic rings. The lowest BCUT2D eigenvalue weighted by Gasteiger charge is -2.11. The largest absolute Gasteiger partial charge is 0.396 e. The maximum atomic E-state index is 13.8. The second-order valence-electron chi connectivity index (χ2n) is 4.54. The van der Waals surface area contributed by atoms with Gasteiger partial charge < -0.3 is 5.11 Å². The van der Waals surface area contributed by atoms with Crippen LogP contribution in [0.15, 0.2) is 35.5 Å². The Hall–Kier alpha value is -1.53. The molecule has 0 saturated heterocycles.